The van der Waals surface area contributed by atoms with Crippen molar-refractivity contribution in [2.75, 3.05) is 26.7 Å². The van der Waals surface area contributed by atoms with Crippen molar-refractivity contribution < 1.29 is 10.1 Å². The highest BCUT2D eigenvalue weighted by atomic mass is 16.0. The molecule has 0 spiro atoms. The second kappa shape index (κ2) is 7.25. The van der Waals surface area contributed by atoms with Crippen LogP contribution in [0.25, 0.3) is 0 Å². The van der Waals surface area contributed by atoms with Crippen LogP contribution in [0.4, 0.5) is 0 Å². The fraction of sp³-hybridized carbons (Fsp3) is 1.00. The molecule has 3 nitrogen and oxygen atoms in total. The van der Waals surface area contributed by atoms with Gasteiger partial charge in [0.05, 0.1) is 13.6 Å². The Kier molecular flexibility index (Phi) is 7.20. The fourth-order valence-electron chi connectivity index (χ4n) is 2.54. The molecule has 0 bridgehead atoms. The molecule has 0 aromatic carbocycles. The summed E-state index contributed by atoms with van der Waals surface area (Å²) in [7, 11) is 2.42. The number of piperidine rings is 1. The quantitative estimate of drug-likeness (QED) is 0.680. The zero-order valence-electron chi connectivity index (χ0n) is 11.6. The summed E-state index contributed by atoms with van der Waals surface area (Å²) in [6, 6.07) is 0.717. The summed E-state index contributed by atoms with van der Waals surface area (Å²) >= 11 is 0. The van der Waals surface area contributed by atoms with Gasteiger partial charge in [-0.3, -0.25) is 0 Å². The molecule has 1 aliphatic heterocycles. The summed E-state index contributed by atoms with van der Waals surface area (Å²) in [6.45, 7) is 10.9. The Morgan fingerprint density at radius 2 is 1.69 bits per heavy atom. The summed E-state index contributed by atoms with van der Waals surface area (Å²) in [4.78, 5) is 0. The minimum Gasteiger partial charge on any atom is -0.870 e. The van der Waals surface area contributed by atoms with E-state index in [1.54, 1.807) is 0 Å². The minimum absolute atomic E-state index is 0. The zero-order valence-corrected chi connectivity index (χ0v) is 11.6. The molecule has 98 valence electrons. The van der Waals surface area contributed by atoms with Crippen LogP contribution in [0.2, 0.25) is 0 Å². The standard InChI is InChI=1S/C13H29N2.H2O/c1-5-6-12-15(4,13(2)3)14-10-8-7-9-11-14;/h13H,5-12H2,1-4H3;1H2/q+1;/p-1. The van der Waals surface area contributed by atoms with E-state index in [1.165, 1.54) is 51.7 Å². The lowest BCUT2D eigenvalue weighted by Gasteiger charge is -2.47. The molecule has 0 aromatic heterocycles. The Hall–Kier alpha value is -0.120. The second-order valence-corrected chi connectivity index (χ2v) is 5.40. The third-order valence-corrected chi connectivity index (χ3v) is 4.06. The van der Waals surface area contributed by atoms with Crippen molar-refractivity contribution in [1.29, 1.82) is 0 Å². The molecular formula is C13H30N2O. The van der Waals surface area contributed by atoms with Crippen LogP contribution in [-0.4, -0.2) is 47.8 Å². The average Bonchev–Trinajstić information content (AvgIpc) is 2.27. The van der Waals surface area contributed by atoms with Gasteiger partial charge in [0.25, 0.3) is 0 Å². The average molecular weight is 230 g/mol. The van der Waals surface area contributed by atoms with Gasteiger partial charge < -0.3 is 5.48 Å². The predicted molar refractivity (Wildman–Crippen MR) is 68.5 cm³/mol. The normalized spacial score (nSPS) is 21.6. The van der Waals surface area contributed by atoms with Crippen LogP contribution in [0.15, 0.2) is 0 Å². The maximum absolute atomic E-state index is 2.70. The summed E-state index contributed by atoms with van der Waals surface area (Å²) in [5.74, 6) is 0. The van der Waals surface area contributed by atoms with Gasteiger partial charge >= 0.3 is 0 Å². The Balaban J connectivity index is 0.00000225. The van der Waals surface area contributed by atoms with E-state index in [-0.39, 0.29) is 5.48 Å². The highest BCUT2D eigenvalue weighted by Gasteiger charge is 2.34. The van der Waals surface area contributed by atoms with Crippen molar-refractivity contribution in [2.45, 2.75) is 58.9 Å². The molecule has 0 radical (unpaired) electrons. The van der Waals surface area contributed by atoms with Crippen LogP contribution in [-0.2, 0) is 0 Å². The second-order valence-electron chi connectivity index (χ2n) is 5.40. The first-order chi connectivity index (χ1) is 7.11. The first kappa shape index (κ1) is 15.9. The smallest absolute Gasteiger partial charge is 0.101 e. The molecule has 1 unspecified atom stereocenters. The summed E-state index contributed by atoms with van der Waals surface area (Å²) in [5, 5.41) is 2.70. The lowest BCUT2D eigenvalue weighted by molar-refractivity contribution is -1.04. The van der Waals surface area contributed by atoms with E-state index >= 15 is 0 Å². The lowest BCUT2D eigenvalue weighted by Crippen LogP contribution is -2.62. The number of hydrogen-bond acceptors (Lipinski definition) is 2. The Morgan fingerprint density at radius 3 is 2.12 bits per heavy atom. The van der Waals surface area contributed by atoms with Crippen LogP contribution >= 0.6 is 0 Å². The lowest BCUT2D eigenvalue weighted by atomic mass is 10.1. The maximum atomic E-state index is 2.70. The molecule has 0 aromatic rings. The molecule has 0 saturated carbocycles. The van der Waals surface area contributed by atoms with Crippen LogP contribution in [0.5, 0.6) is 0 Å². The number of hydrogen-bond donors (Lipinski definition) is 0. The van der Waals surface area contributed by atoms with Gasteiger partial charge in [-0.1, -0.05) is 19.8 Å². The molecule has 1 saturated heterocycles. The van der Waals surface area contributed by atoms with Gasteiger partial charge in [-0.25, -0.2) is 4.59 Å². The van der Waals surface area contributed by atoms with Gasteiger partial charge in [-0.15, -0.1) is 0 Å². The van der Waals surface area contributed by atoms with Crippen molar-refractivity contribution in [3.05, 3.63) is 0 Å². The Morgan fingerprint density at radius 1 is 1.12 bits per heavy atom. The van der Waals surface area contributed by atoms with E-state index in [1.807, 2.05) is 0 Å². The van der Waals surface area contributed by atoms with Gasteiger partial charge in [0.1, 0.15) is 6.04 Å². The molecule has 0 amide bonds. The monoisotopic (exact) mass is 230 g/mol. The number of unbranched alkanes of at least 4 members (excludes halogenated alkanes) is 1. The molecule has 1 fully saturated rings. The molecule has 1 heterocycles. The van der Waals surface area contributed by atoms with Crippen molar-refractivity contribution in [3.63, 3.8) is 0 Å². The molecule has 0 aliphatic carbocycles. The third-order valence-electron chi connectivity index (χ3n) is 4.06. The van der Waals surface area contributed by atoms with Gasteiger partial charge in [-0.2, -0.15) is 5.01 Å². The fourth-order valence-corrected chi connectivity index (χ4v) is 2.54. The summed E-state index contributed by atoms with van der Waals surface area (Å²) in [5.41, 5.74) is 0. The molecule has 16 heavy (non-hydrogen) atoms. The number of nitrogens with zero attached hydrogens (tertiary/aromatic N) is 2. The van der Waals surface area contributed by atoms with E-state index in [9.17, 15) is 0 Å². The molecule has 1 N–H and O–H groups in total. The Bertz CT molecular complexity index is 179. The van der Waals surface area contributed by atoms with E-state index in [0.717, 1.165) is 10.6 Å². The molecule has 1 aliphatic rings. The molecular weight excluding hydrogens is 200 g/mol. The van der Waals surface area contributed by atoms with Crippen molar-refractivity contribution in [2.24, 2.45) is 0 Å². The van der Waals surface area contributed by atoms with E-state index in [4.69, 9.17) is 0 Å². The number of rotatable bonds is 5. The highest BCUT2D eigenvalue weighted by Crippen LogP contribution is 2.21. The minimum atomic E-state index is 0. The third kappa shape index (κ3) is 3.72. The van der Waals surface area contributed by atoms with Gasteiger partial charge in [0.15, 0.2) is 0 Å². The van der Waals surface area contributed by atoms with Crippen LogP contribution in [0.3, 0.4) is 0 Å². The van der Waals surface area contributed by atoms with Crippen molar-refractivity contribution in [1.82, 2.24) is 5.01 Å². The molecule has 3 heteroatoms. The van der Waals surface area contributed by atoms with E-state index in [2.05, 4.69) is 32.8 Å². The van der Waals surface area contributed by atoms with Gasteiger partial charge in [0.2, 0.25) is 0 Å². The first-order valence-corrected chi connectivity index (χ1v) is 6.72. The van der Waals surface area contributed by atoms with Crippen molar-refractivity contribution in [3.8, 4) is 0 Å². The van der Waals surface area contributed by atoms with Crippen LogP contribution in [0, 0.1) is 0 Å². The van der Waals surface area contributed by atoms with E-state index in [0.29, 0.717) is 0 Å². The first-order valence-electron chi connectivity index (χ1n) is 6.72. The number of quaternary nitrogens is 1. The van der Waals surface area contributed by atoms with Crippen molar-refractivity contribution >= 4 is 0 Å². The Labute approximate surface area is 101 Å². The van der Waals surface area contributed by atoms with Crippen LogP contribution in [0.1, 0.15) is 52.9 Å². The SMILES string of the molecule is CCCC[N+](C)(C(C)C)N1CCCCC1.[OH-]. The summed E-state index contributed by atoms with van der Waals surface area (Å²) < 4.78 is 1.16. The van der Waals surface area contributed by atoms with Gasteiger partial charge in [-0.05, 0) is 33.1 Å². The largest absolute Gasteiger partial charge is 0.870 e. The summed E-state index contributed by atoms with van der Waals surface area (Å²) in [6.07, 6.45) is 6.89. The maximum Gasteiger partial charge on any atom is 0.101 e. The predicted octanol–water partition coefficient (Wildman–Crippen LogP) is 2.87. The molecule has 1 rings (SSSR count). The zero-order chi connectivity index (χ0) is 11.3. The topological polar surface area (TPSA) is 33.2 Å². The van der Waals surface area contributed by atoms with Gasteiger partial charge in [0, 0.05) is 13.1 Å². The van der Waals surface area contributed by atoms with Crippen LogP contribution < -0.4 is 0 Å². The van der Waals surface area contributed by atoms with E-state index < -0.39 is 0 Å². The molecule has 1 atom stereocenters. The highest BCUT2D eigenvalue weighted by molar-refractivity contribution is 4.59.